The predicted molar refractivity (Wildman–Crippen MR) is 455 cm³/mol. The van der Waals surface area contributed by atoms with E-state index in [1.54, 1.807) is 63.4 Å². The van der Waals surface area contributed by atoms with E-state index in [4.69, 9.17) is 42.6 Å². The Kier molecular flexibility index (Phi) is 46.9. The molecule has 0 radical (unpaired) electrons. The Morgan fingerprint density at radius 3 is 1.15 bits per heavy atom. The second kappa shape index (κ2) is 51.8. The number of nitro benzene ring substituents is 5. The summed E-state index contributed by atoms with van der Waals surface area (Å²) in [5.74, 6) is 0.280. The third kappa shape index (κ3) is 36.3. The Morgan fingerprint density at radius 2 is 0.773 bits per heavy atom. The van der Waals surface area contributed by atoms with Crippen LogP contribution in [-0.4, -0.2) is 161 Å². The number of hydrogen-bond donors (Lipinski definition) is 6. The SMILES string of the molecule is C.C.C.CN(C)c1ccc(N)cc1.CN(C)c1ccc([N+](=O)[O-])cc1.CO.COc1ccc(C)cc1N.COc1ccc(C)cc1[N+](=O)[O-].Cc1ccc(N)cc1N1CCN(C)CC1.Cc1ccc(O)c([N+](=O)[O-])c1.Cc1ccc([N+](=O)[O-])cc1N1CCN(C)CC1.Cc1ccccc1N.O=[N+]([O-])c1ccc(F)cc1.[HH].[HH].[HH]. The molecular weight excluding hydrogens is 1410 g/mol. The van der Waals surface area contributed by atoms with Gasteiger partial charge in [0.05, 0.1) is 44.5 Å². The van der Waals surface area contributed by atoms with E-state index in [2.05, 4.69) is 52.8 Å². The molecule has 0 spiro atoms. The average molecular weight is 1530 g/mol. The summed E-state index contributed by atoms with van der Waals surface area (Å²) >= 11 is 0. The number of aliphatic hydroxyl groups is 1. The van der Waals surface area contributed by atoms with Crippen molar-refractivity contribution in [3.8, 4) is 17.2 Å². The number of rotatable bonds is 11. The number of aliphatic hydroxyl groups excluding tert-OH is 1. The van der Waals surface area contributed by atoms with Crippen LogP contribution < -0.4 is 52.0 Å². The van der Waals surface area contributed by atoms with E-state index < -0.39 is 25.5 Å². The number of ether oxygens (including phenoxy) is 2. The summed E-state index contributed by atoms with van der Waals surface area (Å²) in [6, 6.07) is 52.4. The molecular formula is C80H120FN15O14. The van der Waals surface area contributed by atoms with Gasteiger partial charge in [-0.25, -0.2) is 4.39 Å². The number of hydrogen-bond acceptors (Lipinski definition) is 24. The van der Waals surface area contributed by atoms with Gasteiger partial charge in [-0.2, -0.15) is 0 Å². The molecule has 0 saturated carbocycles. The number of aryl methyl sites for hydroxylation is 6. The van der Waals surface area contributed by atoms with Crippen LogP contribution in [0.3, 0.4) is 0 Å². The van der Waals surface area contributed by atoms with Crippen LogP contribution in [0.1, 0.15) is 59.9 Å². The molecule has 606 valence electrons. The molecule has 0 amide bonds. The molecule has 30 heteroatoms. The molecule has 2 heterocycles. The van der Waals surface area contributed by atoms with E-state index in [1.165, 1.54) is 54.4 Å². The zero-order valence-electron chi connectivity index (χ0n) is 63.5. The van der Waals surface area contributed by atoms with Crippen LogP contribution in [0.15, 0.2) is 188 Å². The zero-order chi connectivity index (χ0) is 80.6. The van der Waals surface area contributed by atoms with Gasteiger partial charge < -0.3 is 72.0 Å². The van der Waals surface area contributed by atoms with Gasteiger partial charge in [-0.1, -0.05) is 70.8 Å². The lowest BCUT2D eigenvalue weighted by atomic mass is 10.1. The van der Waals surface area contributed by atoms with Gasteiger partial charge in [-0.3, -0.25) is 50.6 Å². The number of halogens is 1. The largest absolute Gasteiger partial charge is 0.502 e. The summed E-state index contributed by atoms with van der Waals surface area (Å²) in [5, 5.41) is 67.7. The van der Waals surface area contributed by atoms with Gasteiger partial charge in [0.1, 0.15) is 11.6 Å². The number of non-ortho nitro benzene ring substituents is 3. The standard InChI is InChI=1S/C12H17N3O2.C12H19N3.C8H10N2O2.C8H12N2.C8H9NO3.C8H11NO.C7H7NO3.C7H9N.C6H4FNO2.CH4O.3CH4.3H2/c1-10-3-4-11(15(16)17)9-12(10)14-7-5-13(2)6-8-14;1-10-3-4-11(13)9-12(10)15-7-5-14(2)6-8-15;1-9(2)7-3-5-8(6-4-7)10(11)12;1-10(2)8-5-3-7(9)4-6-8;1-6-3-4-8(12-2)7(5-6)9(10)11;1-6-3-4-8(10-2)7(9)5-6;1-5-2-3-7(9)6(4-5)8(10)11;1-6-4-2-3-5-7(6)8;7-5-1-3-6(4-2-5)8(9)10;1-2;;;;;;/h3-4,9H,5-8H2,1-2H3;3-4,9H,5-8,13H2,1-2H3;3-6H,1-2H3;3-6H,9H2,1-2H3;3-5H,1-2H3;3-5H,9H2,1-2H3;2-4,9H,1H3;2-5H,8H2,1H3;1-4H;2H,1H3;3*1H4;3*1H. The molecule has 10 N–H and O–H groups in total. The summed E-state index contributed by atoms with van der Waals surface area (Å²) in [7, 11) is 16.1. The van der Waals surface area contributed by atoms with Gasteiger partial charge in [0.15, 0.2) is 11.5 Å². The Morgan fingerprint density at radius 1 is 0.409 bits per heavy atom. The van der Waals surface area contributed by atoms with Gasteiger partial charge >= 0.3 is 11.4 Å². The molecule has 2 aliphatic heterocycles. The van der Waals surface area contributed by atoms with Crippen LogP contribution in [0.2, 0.25) is 0 Å². The summed E-state index contributed by atoms with van der Waals surface area (Å²) in [6.07, 6.45) is 0. The first-order valence-corrected chi connectivity index (χ1v) is 33.3. The number of aromatic hydroxyl groups is 1. The van der Waals surface area contributed by atoms with Crippen molar-refractivity contribution >= 4 is 73.9 Å². The first-order valence-electron chi connectivity index (χ1n) is 33.3. The van der Waals surface area contributed by atoms with Crippen molar-refractivity contribution in [2.75, 3.05) is 159 Å². The molecule has 0 atom stereocenters. The monoisotopic (exact) mass is 1530 g/mol. The van der Waals surface area contributed by atoms with Crippen molar-refractivity contribution < 1.29 is 53.0 Å². The van der Waals surface area contributed by atoms with E-state index in [9.17, 15) is 55.0 Å². The lowest BCUT2D eigenvalue weighted by Crippen LogP contribution is -2.44. The molecule has 2 saturated heterocycles. The van der Waals surface area contributed by atoms with Gasteiger partial charge in [0.25, 0.3) is 17.1 Å². The number of benzene rings is 9. The first kappa shape index (κ1) is 99.6. The fourth-order valence-corrected chi connectivity index (χ4v) is 9.48. The predicted octanol–water partition coefficient (Wildman–Crippen LogP) is 16.7. The summed E-state index contributed by atoms with van der Waals surface area (Å²) in [6.45, 7) is 20.0. The quantitative estimate of drug-likeness (QED) is 0.0398. The van der Waals surface area contributed by atoms with Crippen LogP contribution in [0.4, 0.5) is 78.3 Å². The van der Waals surface area contributed by atoms with E-state index in [0.717, 1.165) is 146 Å². The first-order chi connectivity index (χ1) is 50.5. The Labute approximate surface area is 651 Å². The Hall–Kier alpha value is -12.4. The molecule has 110 heavy (non-hydrogen) atoms. The highest BCUT2D eigenvalue weighted by molar-refractivity contribution is 5.62. The number of piperazine rings is 2. The maximum atomic E-state index is 12.1. The van der Waals surface area contributed by atoms with Crippen molar-refractivity contribution in [1.29, 1.82) is 0 Å². The average Bonchev–Trinajstić information content (AvgIpc) is 0.829. The van der Waals surface area contributed by atoms with Crippen molar-refractivity contribution in [2.45, 2.75) is 63.8 Å². The van der Waals surface area contributed by atoms with Crippen LogP contribution >= 0.6 is 0 Å². The highest BCUT2D eigenvalue weighted by atomic mass is 19.1. The summed E-state index contributed by atoms with van der Waals surface area (Å²) in [5.41, 5.74) is 36.4. The van der Waals surface area contributed by atoms with Crippen LogP contribution in [0, 0.1) is 97.9 Å². The van der Waals surface area contributed by atoms with E-state index in [1.807, 2.05) is 138 Å². The summed E-state index contributed by atoms with van der Waals surface area (Å²) < 4.78 is 21.9. The number of phenolic OH excluding ortho intramolecular Hbond substituents is 1. The Balaban J connectivity index is -0.000000386. The Bertz CT molecular complexity index is 4220. The molecule has 0 aliphatic carbocycles. The number of phenols is 1. The number of nitrogens with two attached hydrogens (primary N) is 4. The van der Waals surface area contributed by atoms with Crippen molar-refractivity contribution in [3.05, 3.63) is 278 Å². The number of likely N-dealkylation sites (N-methyl/N-ethyl adjacent to an activating group) is 2. The van der Waals surface area contributed by atoms with Crippen molar-refractivity contribution in [2.24, 2.45) is 0 Å². The number of methoxy groups -OCH3 is 2. The molecule has 0 aromatic heterocycles. The normalized spacial score (nSPS) is 11.4. The maximum absolute atomic E-state index is 12.1. The second-order valence-electron chi connectivity index (χ2n) is 24.5. The number of para-hydroxylation sites is 1. The molecule has 0 bridgehead atoms. The van der Waals surface area contributed by atoms with E-state index in [-0.39, 0.29) is 65.7 Å². The zero-order valence-corrected chi connectivity index (χ0v) is 63.5. The van der Waals surface area contributed by atoms with Crippen molar-refractivity contribution in [3.63, 3.8) is 0 Å². The number of nitrogen functional groups attached to an aromatic ring is 4. The van der Waals surface area contributed by atoms with Gasteiger partial charge in [0.2, 0.25) is 0 Å². The minimum absolute atomic E-state index is 0. The fraction of sp³-hybridized carbons (Fsp3) is 0.325. The lowest BCUT2D eigenvalue weighted by molar-refractivity contribution is -0.386. The van der Waals surface area contributed by atoms with Crippen LogP contribution in [0.25, 0.3) is 0 Å². The third-order valence-corrected chi connectivity index (χ3v) is 15.8. The van der Waals surface area contributed by atoms with Crippen LogP contribution in [-0.2, 0) is 0 Å². The molecule has 29 nitrogen and oxygen atoms in total. The third-order valence-electron chi connectivity index (χ3n) is 15.8. The minimum atomic E-state index is -0.609. The van der Waals surface area contributed by atoms with Crippen molar-refractivity contribution in [1.82, 2.24) is 9.80 Å². The number of nitrogens with zero attached hydrogens (tertiary/aromatic N) is 11. The second-order valence-corrected chi connectivity index (χ2v) is 24.5. The van der Waals surface area contributed by atoms with Gasteiger partial charge in [0, 0.05) is 180 Å². The highest BCUT2D eigenvalue weighted by Crippen LogP contribution is 2.30. The molecule has 2 fully saturated rings. The maximum Gasteiger partial charge on any atom is 0.311 e. The van der Waals surface area contributed by atoms with Gasteiger partial charge in [-0.15, -0.1) is 0 Å². The molecule has 11 rings (SSSR count). The summed E-state index contributed by atoms with van der Waals surface area (Å²) in [4.78, 5) is 62.6. The fourth-order valence-electron chi connectivity index (χ4n) is 9.48. The molecule has 2 aliphatic rings. The molecule has 9 aromatic rings. The van der Waals surface area contributed by atoms with Crippen LogP contribution in [0.5, 0.6) is 17.2 Å². The minimum Gasteiger partial charge on any atom is -0.502 e. The van der Waals surface area contributed by atoms with E-state index in [0.29, 0.717) is 11.4 Å². The molecule has 0 unspecified atom stereocenters. The molecule has 9 aromatic carbocycles. The number of nitro groups is 5. The topological polar surface area (TPSA) is 398 Å². The number of anilines is 8. The smallest absolute Gasteiger partial charge is 0.311 e. The lowest BCUT2D eigenvalue weighted by Gasteiger charge is -2.35. The van der Waals surface area contributed by atoms with E-state index >= 15 is 0 Å². The highest BCUT2D eigenvalue weighted by Gasteiger charge is 2.20. The van der Waals surface area contributed by atoms with Gasteiger partial charge in [-0.05, 0) is 180 Å².